The van der Waals surface area contributed by atoms with Crippen LogP contribution in [0.1, 0.15) is 22.8 Å². The number of amides is 2. The van der Waals surface area contributed by atoms with Crippen LogP contribution in [0.5, 0.6) is 0 Å². The average molecular weight is 333 g/mol. The van der Waals surface area contributed by atoms with E-state index in [0.29, 0.717) is 22.0 Å². The van der Waals surface area contributed by atoms with Crippen molar-refractivity contribution in [2.45, 2.75) is 13.8 Å². The van der Waals surface area contributed by atoms with E-state index in [4.69, 9.17) is 16.3 Å². The molecule has 0 atom stereocenters. The second kappa shape index (κ2) is 7.65. The molecule has 0 unspecified atom stereocenters. The van der Waals surface area contributed by atoms with E-state index in [1.54, 1.807) is 43.3 Å². The van der Waals surface area contributed by atoms with Crippen molar-refractivity contribution in [1.29, 1.82) is 0 Å². The maximum atomic E-state index is 12.3. The Morgan fingerprint density at radius 1 is 1.13 bits per heavy atom. The molecule has 0 heterocycles. The first-order valence-electron chi connectivity index (χ1n) is 7.11. The average Bonchev–Trinajstić information content (AvgIpc) is 2.51. The summed E-state index contributed by atoms with van der Waals surface area (Å²) in [5.74, 6) is -0.289. The van der Waals surface area contributed by atoms with Crippen LogP contribution in [0.2, 0.25) is 5.02 Å². The molecule has 0 spiro atoms. The van der Waals surface area contributed by atoms with Gasteiger partial charge >= 0.3 is 6.09 Å². The third-order valence-corrected chi connectivity index (χ3v) is 3.33. The fourth-order valence-corrected chi connectivity index (χ4v) is 2.12. The van der Waals surface area contributed by atoms with Gasteiger partial charge in [0.25, 0.3) is 5.91 Å². The lowest BCUT2D eigenvalue weighted by Crippen LogP contribution is -2.15. The van der Waals surface area contributed by atoms with Crippen LogP contribution in [0.4, 0.5) is 16.2 Å². The van der Waals surface area contributed by atoms with Crippen LogP contribution in [-0.2, 0) is 4.74 Å². The van der Waals surface area contributed by atoms with Gasteiger partial charge in [-0.05, 0) is 49.7 Å². The molecule has 2 amide bonds. The Morgan fingerprint density at radius 2 is 1.91 bits per heavy atom. The molecule has 120 valence electrons. The summed E-state index contributed by atoms with van der Waals surface area (Å²) in [5, 5.41) is 5.91. The molecule has 2 rings (SSSR count). The van der Waals surface area contributed by atoms with E-state index < -0.39 is 6.09 Å². The summed E-state index contributed by atoms with van der Waals surface area (Å²) >= 11 is 5.95. The highest BCUT2D eigenvalue weighted by atomic mass is 35.5. The number of carbonyl (C=O) groups is 2. The van der Waals surface area contributed by atoms with E-state index in [9.17, 15) is 9.59 Å². The maximum Gasteiger partial charge on any atom is 0.411 e. The van der Waals surface area contributed by atoms with Crippen molar-refractivity contribution >= 4 is 35.0 Å². The molecule has 0 fully saturated rings. The Labute approximate surface area is 139 Å². The topological polar surface area (TPSA) is 67.4 Å². The van der Waals surface area contributed by atoms with E-state index in [1.807, 2.05) is 13.0 Å². The second-order valence-corrected chi connectivity index (χ2v) is 5.28. The molecular formula is C17H17ClN2O3. The number of halogens is 1. The van der Waals surface area contributed by atoms with Crippen molar-refractivity contribution in [1.82, 2.24) is 0 Å². The van der Waals surface area contributed by atoms with Crippen LogP contribution in [0.3, 0.4) is 0 Å². The van der Waals surface area contributed by atoms with E-state index >= 15 is 0 Å². The summed E-state index contributed by atoms with van der Waals surface area (Å²) in [6, 6.07) is 11.9. The fraction of sp³-hybridized carbons (Fsp3) is 0.176. The van der Waals surface area contributed by atoms with Gasteiger partial charge in [0.2, 0.25) is 0 Å². The van der Waals surface area contributed by atoms with Gasteiger partial charge in [-0.15, -0.1) is 0 Å². The normalized spacial score (nSPS) is 10.0. The highest BCUT2D eigenvalue weighted by molar-refractivity contribution is 6.31. The Kier molecular flexibility index (Phi) is 5.60. The SMILES string of the molecule is CCOC(=O)Nc1cccc(C(=O)Nc2cc(Cl)ccc2C)c1. The third kappa shape index (κ3) is 4.72. The predicted octanol–water partition coefficient (Wildman–Crippen LogP) is 4.47. The molecule has 5 nitrogen and oxygen atoms in total. The molecule has 6 heteroatoms. The second-order valence-electron chi connectivity index (χ2n) is 4.84. The summed E-state index contributed by atoms with van der Waals surface area (Å²) in [6.45, 7) is 3.88. The van der Waals surface area contributed by atoms with Crippen molar-refractivity contribution in [2.75, 3.05) is 17.2 Å². The molecular weight excluding hydrogens is 316 g/mol. The minimum absolute atomic E-state index is 0.278. The minimum Gasteiger partial charge on any atom is -0.450 e. The zero-order valence-electron chi connectivity index (χ0n) is 12.9. The number of benzene rings is 2. The van der Waals surface area contributed by atoms with Crippen LogP contribution in [-0.4, -0.2) is 18.6 Å². The van der Waals surface area contributed by atoms with Gasteiger partial charge in [-0.1, -0.05) is 23.7 Å². The fourth-order valence-electron chi connectivity index (χ4n) is 1.95. The molecule has 2 aromatic carbocycles. The molecule has 0 aliphatic rings. The highest BCUT2D eigenvalue weighted by Gasteiger charge is 2.10. The predicted molar refractivity (Wildman–Crippen MR) is 91.2 cm³/mol. The van der Waals surface area contributed by atoms with Crippen LogP contribution in [0.15, 0.2) is 42.5 Å². The number of hydrogen-bond donors (Lipinski definition) is 2. The summed E-state index contributed by atoms with van der Waals surface area (Å²) in [7, 11) is 0. The lowest BCUT2D eigenvalue weighted by molar-refractivity contribution is 0.102. The Bertz CT molecular complexity index is 732. The van der Waals surface area contributed by atoms with Crippen molar-refractivity contribution in [3.05, 3.63) is 58.6 Å². The number of ether oxygens (including phenoxy) is 1. The van der Waals surface area contributed by atoms with E-state index in [2.05, 4.69) is 10.6 Å². The molecule has 2 aromatic rings. The smallest absolute Gasteiger partial charge is 0.411 e. The lowest BCUT2D eigenvalue weighted by Gasteiger charge is -2.10. The first-order valence-corrected chi connectivity index (χ1v) is 7.48. The van der Waals surface area contributed by atoms with Gasteiger partial charge in [0, 0.05) is 22.0 Å². The van der Waals surface area contributed by atoms with Crippen molar-refractivity contribution < 1.29 is 14.3 Å². The van der Waals surface area contributed by atoms with E-state index in [0.717, 1.165) is 5.56 Å². The van der Waals surface area contributed by atoms with Gasteiger partial charge in [0.05, 0.1) is 6.61 Å². The van der Waals surface area contributed by atoms with Crippen LogP contribution < -0.4 is 10.6 Å². The van der Waals surface area contributed by atoms with E-state index in [1.165, 1.54) is 0 Å². The number of rotatable bonds is 4. The zero-order valence-corrected chi connectivity index (χ0v) is 13.6. The minimum atomic E-state index is -0.559. The molecule has 0 aliphatic carbocycles. The Hall–Kier alpha value is -2.53. The van der Waals surface area contributed by atoms with Crippen molar-refractivity contribution in [3.8, 4) is 0 Å². The van der Waals surface area contributed by atoms with Crippen molar-refractivity contribution in [2.24, 2.45) is 0 Å². The van der Waals surface area contributed by atoms with Gasteiger partial charge in [-0.25, -0.2) is 4.79 Å². The lowest BCUT2D eigenvalue weighted by atomic mass is 10.1. The number of carbonyl (C=O) groups excluding carboxylic acids is 2. The largest absolute Gasteiger partial charge is 0.450 e. The maximum absolute atomic E-state index is 12.3. The monoisotopic (exact) mass is 332 g/mol. The number of hydrogen-bond acceptors (Lipinski definition) is 3. The van der Waals surface area contributed by atoms with Crippen LogP contribution >= 0.6 is 11.6 Å². The van der Waals surface area contributed by atoms with Crippen molar-refractivity contribution in [3.63, 3.8) is 0 Å². The van der Waals surface area contributed by atoms with Gasteiger partial charge in [-0.3, -0.25) is 10.1 Å². The molecule has 0 saturated carbocycles. The molecule has 2 N–H and O–H groups in total. The van der Waals surface area contributed by atoms with Gasteiger partial charge in [-0.2, -0.15) is 0 Å². The standard InChI is InChI=1S/C17H17ClN2O3/c1-3-23-17(22)19-14-6-4-5-12(9-14)16(21)20-15-10-13(18)8-7-11(15)2/h4-10H,3H2,1-2H3,(H,19,22)(H,20,21). The van der Waals surface area contributed by atoms with Gasteiger partial charge < -0.3 is 10.1 Å². The summed E-state index contributed by atoms with van der Waals surface area (Å²) in [6.07, 6.45) is -0.559. The first kappa shape index (κ1) is 16.8. The van der Waals surface area contributed by atoms with Gasteiger partial charge in [0.15, 0.2) is 0 Å². The van der Waals surface area contributed by atoms with Crippen LogP contribution in [0.25, 0.3) is 0 Å². The molecule has 0 saturated heterocycles. The summed E-state index contributed by atoms with van der Waals surface area (Å²) in [5.41, 5.74) is 2.45. The summed E-state index contributed by atoms with van der Waals surface area (Å²) < 4.78 is 4.81. The quantitative estimate of drug-likeness (QED) is 0.868. The van der Waals surface area contributed by atoms with E-state index in [-0.39, 0.29) is 12.5 Å². The molecule has 23 heavy (non-hydrogen) atoms. The number of aryl methyl sites for hydroxylation is 1. The molecule has 0 aromatic heterocycles. The molecule has 0 radical (unpaired) electrons. The third-order valence-electron chi connectivity index (χ3n) is 3.09. The zero-order chi connectivity index (χ0) is 16.8. The first-order chi connectivity index (χ1) is 11.0. The van der Waals surface area contributed by atoms with Crippen LogP contribution in [0, 0.1) is 6.92 Å². The van der Waals surface area contributed by atoms with Gasteiger partial charge in [0.1, 0.15) is 0 Å². The Balaban J connectivity index is 2.13. The summed E-state index contributed by atoms with van der Waals surface area (Å²) in [4.78, 5) is 23.8. The number of nitrogens with one attached hydrogen (secondary N) is 2. The molecule has 0 aliphatic heterocycles. The highest BCUT2D eigenvalue weighted by Crippen LogP contribution is 2.21. The molecule has 0 bridgehead atoms. The number of anilines is 2. The Morgan fingerprint density at radius 3 is 2.65 bits per heavy atom.